The van der Waals surface area contributed by atoms with Crippen LogP contribution in [0.3, 0.4) is 0 Å². The van der Waals surface area contributed by atoms with E-state index in [0.29, 0.717) is 18.1 Å². The monoisotopic (exact) mass is 270 g/mol. The third-order valence-electron chi connectivity index (χ3n) is 3.45. The first-order chi connectivity index (χ1) is 8.70. The van der Waals surface area contributed by atoms with Crippen LogP contribution < -0.4 is 5.56 Å². The zero-order valence-electron chi connectivity index (χ0n) is 10.7. The minimum Gasteiger partial charge on any atom is -0.367 e. The molecule has 18 heavy (non-hydrogen) atoms. The van der Waals surface area contributed by atoms with Gasteiger partial charge < -0.3 is 9.72 Å². The summed E-state index contributed by atoms with van der Waals surface area (Å²) in [5.41, 5.74) is 0.0363. The average Bonchev–Trinajstić information content (AvgIpc) is 2.39. The van der Waals surface area contributed by atoms with Gasteiger partial charge in [0.25, 0.3) is 5.56 Å². The zero-order chi connectivity index (χ0) is 13.0. The van der Waals surface area contributed by atoms with Gasteiger partial charge in [-0.15, -0.1) is 11.6 Å². The van der Waals surface area contributed by atoms with Crippen LogP contribution in [0, 0.1) is 0 Å². The lowest BCUT2D eigenvalue weighted by molar-refractivity contribution is -0.0769. The highest BCUT2D eigenvalue weighted by molar-refractivity contribution is 6.16. The van der Waals surface area contributed by atoms with Crippen LogP contribution in [0.15, 0.2) is 10.9 Å². The second-order valence-corrected chi connectivity index (χ2v) is 4.97. The van der Waals surface area contributed by atoms with E-state index >= 15 is 0 Å². The highest BCUT2D eigenvalue weighted by Gasteiger charge is 2.37. The van der Waals surface area contributed by atoms with Gasteiger partial charge in [0.05, 0.1) is 11.6 Å². The molecule has 0 atom stereocenters. The summed E-state index contributed by atoms with van der Waals surface area (Å²) < 4.78 is 5.94. The molecule has 1 heterocycles. The van der Waals surface area contributed by atoms with Gasteiger partial charge in [-0.3, -0.25) is 4.79 Å². The van der Waals surface area contributed by atoms with Crippen molar-refractivity contribution in [3.63, 3.8) is 0 Å². The summed E-state index contributed by atoms with van der Waals surface area (Å²) in [5.74, 6) is 0.895. The number of halogens is 1. The van der Waals surface area contributed by atoms with Crippen LogP contribution in [-0.2, 0) is 16.2 Å². The Morgan fingerprint density at radius 3 is 2.78 bits per heavy atom. The molecule has 2 rings (SSSR count). The molecular weight excluding hydrogens is 252 g/mol. The van der Waals surface area contributed by atoms with Gasteiger partial charge in [-0.25, -0.2) is 4.98 Å². The summed E-state index contributed by atoms with van der Waals surface area (Å²) in [5, 5.41) is 0. The molecule has 0 unspecified atom stereocenters. The molecule has 0 radical (unpaired) electrons. The van der Waals surface area contributed by atoms with Crippen LogP contribution in [0.2, 0.25) is 0 Å². The second-order valence-electron chi connectivity index (χ2n) is 4.71. The number of hydrogen-bond acceptors (Lipinski definition) is 3. The fourth-order valence-electron chi connectivity index (χ4n) is 2.64. The number of alkyl halides is 1. The van der Waals surface area contributed by atoms with E-state index in [1.807, 2.05) is 6.92 Å². The number of hydrogen-bond donors (Lipinski definition) is 1. The highest BCUT2D eigenvalue weighted by Crippen LogP contribution is 2.38. The smallest absolute Gasteiger partial charge is 0.251 e. The van der Waals surface area contributed by atoms with Gasteiger partial charge in [0, 0.05) is 12.7 Å². The first-order valence-electron chi connectivity index (χ1n) is 6.51. The van der Waals surface area contributed by atoms with Crippen LogP contribution in [0.1, 0.15) is 50.5 Å². The number of ether oxygens (including phenoxy) is 1. The summed E-state index contributed by atoms with van der Waals surface area (Å²) in [7, 11) is 0. The predicted molar refractivity (Wildman–Crippen MR) is 70.8 cm³/mol. The fraction of sp³-hybridized carbons (Fsp3) is 0.692. The molecule has 1 saturated carbocycles. The van der Waals surface area contributed by atoms with Crippen molar-refractivity contribution < 1.29 is 4.74 Å². The Kier molecular flexibility index (Phi) is 4.40. The van der Waals surface area contributed by atoms with Crippen LogP contribution >= 0.6 is 11.6 Å². The van der Waals surface area contributed by atoms with Crippen LogP contribution in [0.25, 0.3) is 0 Å². The quantitative estimate of drug-likeness (QED) is 0.856. The van der Waals surface area contributed by atoms with E-state index in [2.05, 4.69) is 9.97 Å². The average molecular weight is 271 g/mol. The normalized spacial score (nSPS) is 18.8. The lowest BCUT2D eigenvalue weighted by atomic mass is 9.83. The summed E-state index contributed by atoms with van der Waals surface area (Å²) in [6, 6.07) is 1.44. The highest BCUT2D eigenvalue weighted by atomic mass is 35.5. The number of aromatic amines is 1. The van der Waals surface area contributed by atoms with Crippen molar-refractivity contribution in [1.29, 1.82) is 0 Å². The minimum absolute atomic E-state index is 0.152. The van der Waals surface area contributed by atoms with Gasteiger partial charge in [-0.2, -0.15) is 0 Å². The first kappa shape index (κ1) is 13.6. The van der Waals surface area contributed by atoms with Crippen molar-refractivity contribution in [2.75, 3.05) is 6.61 Å². The summed E-state index contributed by atoms with van der Waals surface area (Å²) >= 11 is 5.78. The molecule has 5 heteroatoms. The maximum Gasteiger partial charge on any atom is 0.251 e. The minimum atomic E-state index is -0.422. The molecule has 1 fully saturated rings. The lowest BCUT2D eigenvalue weighted by Crippen LogP contribution is -2.36. The van der Waals surface area contributed by atoms with Crippen molar-refractivity contribution in [3.8, 4) is 0 Å². The molecule has 0 bridgehead atoms. The van der Waals surface area contributed by atoms with E-state index in [1.165, 1.54) is 12.5 Å². The number of rotatable bonds is 4. The molecule has 0 aromatic carbocycles. The number of aromatic nitrogens is 2. The first-order valence-corrected chi connectivity index (χ1v) is 7.04. The van der Waals surface area contributed by atoms with Crippen molar-refractivity contribution in [2.24, 2.45) is 0 Å². The summed E-state index contributed by atoms with van der Waals surface area (Å²) in [4.78, 5) is 18.9. The van der Waals surface area contributed by atoms with E-state index in [-0.39, 0.29) is 11.4 Å². The van der Waals surface area contributed by atoms with Gasteiger partial charge >= 0.3 is 0 Å². The van der Waals surface area contributed by atoms with Crippen LogP contribution in [-0.4, -0.2) is 16.6 Å². The van der Waals surface area contributed by atoms with Crippen molar-refractivity contribution >= 4 is 11.6 Å². The zero-order valence-corrected chi connectivity index (χ0v) is 11.4. The molecule has 1 aliphatic carbocycles. The van der Waals surface area contributed by atoms with Gasteiger partial charge in [0.15, 0.2) is 0 Å². The molecule has 0 amide bonds. The van der Waals surface area contributed by atoms with Gasteiger partial charge in [-0.05, 0) is 19.8 Å². The molecule has 4 nitrogen and oxygen atoms in total. The Morgan fingerprint density at radius 2 is 2.17 bits per heavy atom. The van der Waals surface area contributed by atoms with E-state index in [4.69, 9.17) is 16.3 Å². The Bertz CT molecular complexity index is 447. The van der Waals surface area contributed by atoms with Crippen molar-refractivity contribution in [3.05, 3.63) is 27.9 Å². The van der Waals surface area contributed by atoms with Crippen LogP contribution in [0.5, 0.6) is 0 Å². The van der Waals surface area contributed by atoms with Gasteiger partial charge in [0.1, 0.15) is 11.4 Å². The molecule has 1 N–H and O–H groups in total. The molecule has 1 aliphatic rings. The number of H-pyrrole nitrogens is 1. The molecule has 0 aliphatic heterocycles. The third-order valence-corrected chi connectivity index (χ3v) is 3.72. The molecule has 1 aromatic rings. The number of nitrogens with one attached hydrogen (secondary N) is 1. The largest absolute Gasteiger partial charge is 0.367 e. The maximum atomic E-state index is 11.6. The van der Waals surface area contributed by atoms with Crippen LogP contribution in [0.4, 0.5) is 0 Å². The lowest BCUT2D eigenvalue weighted by Gasteiger charge is -2.36. The van der Waals surface area contributed by atoms with E-state index in [1.54, 1.807) is 0 Å². The van der Waals surface area contributed by atoms with E-state index < -0.39 is 5.60 Å². The Balaban J connectivity index is 2.41. The Labute approximate surface area is 112 Å². The van der Waals surface area contributed by atoms with Gasteiger partial charge in [0.2, 0.25) is 0 Å². The maximum absolute atomic E-state index is 11.6. The Morgan fingerprint density at radius 1 is 1.44 bits per heavy atom. The van der Waals surface area contributed by atoms with Crippen molar-refractivity contribution in [1.82, 2.24) is 9.97 Å². The fourth-order valence-corrected chi connectivity index (χ4v) is 2.78. The number of nitrogens with zero attached hydrogens (tertiary/aromatic N) is 1. The SMILES string of the molecule is CCOC1(c2nc(CCl)cc(=O)[nH]2)CCCCC1. The summed E-state index contributed by atoms with van der Waals surface area (Å²) in [6.07, 6.45) is 5.25. The van der Waals surface area contributed by atoms with Crippen molar-refractivity contribution in [2.45, 2.75) is 50.5 Å². The molecule has 0 saturated heterocycles. The molecular formula is C13H19ClN2O2. The summed E-state index contributed by atoms with van der Waals surface area (Å²) in [6.45, 7) is 2.59. The predicted octanol–water partition coefficient (Wildman–Crippen LogP) is 2.70. The van der Waals surface area contributed by atoms with E-state index in [0.717, 1.165) is 25.7 Å². The third kappa shape index (κ3) is 2.75. The topological polar surface area (TPSA) is 55.0 Å². The standard InChI is InChI=1S/C13H19ClN2O2/c1-2-18-13(6-4-3-5-7-13)12-15-10(9-14)8-11(17)16-12/h8H,2-7,9H2,1H3,(H,15,16,17). The molecule has 0 spiro atoms. The molecule has 1 aromatic heterocycles. The van der Waals surface area contributed by atoms with Gasteiger partial charge in [-0.1, -0.05) is 19.3 Å². The Hall–Kier alpha value is -0.870. The van der Waals surface area contributed by atoms with E-state index in [9.17, 15) is 4.79 Å². The second kappa shape index (κ2) is 5.85. The molecule has 100 valence electrons.